The van der Waals surface area contributed by atoms with Gasteiger partial charge in [0.05, 0.1) is 5.69 Å². The van der Waals surface area contributed by atoms with Gasteiger partial charge in [0.2, 0.25) is 0 Å². The molecule has 2 aromatic rings. The number of carbonyl (C=O) groups is 1. The molecule has 1 aliphatic carbocycles. The molecule has 3 nitrogen and oxygen atoms in total. The predicted molar refractivity (Wildman–Crippen MR) is 85.3 cm³/mol. The van der Waals surface area contributed by atoms with Crippen LogP contribution in [0.1, 0.15) is 40.9 Å². The minimum Gasteiger partial charge on any atom is -0.397 e. The summed E-state index contributed by atoms with van der Waals surface area (Å²) in [4.78, 5) is 15.2. The molecule has 106 valence electrons. The van der Waals surface area contributed by atoms with Crippen LogP contribution in [-0.4, -0.2) is 23.9 Å². The summed E-state index contributed by atoms with van der Waals surface area (Å²) in [5.74, 6) is 0.0771. The van der Waals surface area contributed by atoms with Gasteiger partial charge in [-0.3, -0.25) is 4.79 Å². The Morgan fingerprint density at radius 3 is 2.75 bits per heavy atom. The predicted octanol–water partition coefficient (Wildman–Crippen LogP) is 3.81. The summed E-state index contributed by atoms with van der Waals surface area (Å²) in [6.07, 6.45) is 4.69. The molecule has 0 spiro atoms. The number of nitrogens with two attached hydrogens (primary N) is 1. The summed E-state index contributed by atoms with van der Waals surface area (Å²) < 4.78 is 1.10. The van der Waals surface area contributed by atoms with E-state index >= 15 is 0 Å². The number of hydrogen-bond donors (Lipinski definition) is 1. The number of benzene rings is 1. The van der Waals surface area contributed by atoms with Gasteiger partial charge in [0, 0.05) is 23.2 Å². The molecule has 1 heterocycles. The summed E-state index contributed by atoms with van der Waals surface area (Å²) in [6, 6.07) is 6.54. The molecule has 0 unspecified atom stereocenters. The second-order valence-electron chi connectivity index (χ2n) is 5.70. The Morgan fingerprint density at radius 1 is 1.35 bits per heavy atom. The first-order valence-corrected chi connectivity index (χ1v) is 7.95. The topological polar surface area (TPSA) is 46.3 Å². The average Bonchev–Trinajstić information content (AvgIpc) is 3.05. The zero-order valence-corrected chi connectivity index (χ0v) is 12.8. The lowest BCUT2D eigenvalue weighted by molar-refractivity contribution is 0.0741. The Kier molecular flexibility index (Phi) is 3.42. The van der Waals surface area contributed by atoms with Crippen LogP contribution in [0, 0.1) is 6.92 Å². The van der Waals surface area contributed by atoms with Gasteiger partial charge in [-0.25, -0.2) is 0 Å². The maximum atomic E-state index is 12.7. The van der Waals surface area contributed by atoms with Gasteiger partial charge >= 0.3 is 0 Å². The molecule has 0 aliphatic heterocycles. The van der Waals surface area contributed by atoms with E-state index in [9.17, 15) is 4.79 Å². The highest BCUT2D eigenvalue weighted by atomic mass is 32.1. The van der Waals surface area contributed by atoms with Gasteiger partial charge < -0.3 is 10.6 Å². The highest BCUT2D eigenvalue weighted by Crippen LogP contribution is 2.36. The molecule has 20 heavy (non-hydrogen) atoms. The van der Waals surface area contributed by atoms with Crippen LogP contribution < -0.4 is 5.73 Å². The number of hydrogen-bond acceptors (Lipinski definition) is 3. The third kappa shape index (κ3) is 2.18. The Bertz CT molecular complexity index is 656. The van der Waals surface area contributed by atoms with Crippen molar-refractivity contribution in [2.75, 3.05) is 12.8 Å². The summed E-state index contributed by atoms with van der Waals surface area (Å²) in [7, 11) is 1.91. The molecule has 0 saturated heterocycles. The van der Waals surface area contributed by atoms with Crippen molar-refractivity contribution < 1.29 is 4.79 Å². The van der Waals surface area contributed by atoms with Crippen LogP contribution in [0.25, 0.3) is 10.1 Å². The van der Waals surface area contributed by atoms with E-state index in [-0.39, 0.29) is 5.91 Å². The lowest BCUT2D eigenvalue weighted by Gasteiger charge is -2.23. The molecule has 1 saturated carbocycles. The first-order valence-electron chi connectivity index (χ1n) is 7.13. The van der Waals surface area contributed by atoms with Crippen LogP contribution >= 0.6 is 11.3 Å². The normalized spacial score (nSPS) is 15.9. The first-order chi connectivity index (χ1) is 9.58. The van der Waals surface area contributed by atoms with Gasteiger partial charge in [0.25, 0.3) is 5.91 Å². The Hall–Kier alpha value is -1.55. The minimum absolute atomic E-state index is 0.0771. The van der Waals surface area contributed by atoms with E-state index in [4.69, 9.17) is 5.73 Å². The van der Waals surface area contributed by atoms with Gasteiger partial charge in [-0.2, -0.15) is 0 Å². The van der Waals surface area contributed by atoms with E-state index < -0.39 is 0 Å². The molecule has 3 rings (SSSR count). The largest absolute Gasteiger partial charge is 0.397 e. The SMILES string of the molecule is Cc1ccc2c(N)c(C(=O)N(C)C3CCCC3)sc2c1. The average molecular weight is 288 g/mol. The summed E-state index contributed by atoms with van der Waals surface area (Å²) in [6.45, 7) is 2.06. The number of nitrogen functional groups attached to an aromatic ring is 1. The summed E-state index contributed by atoms with van der Waals surface area (Å²) in [5, 5.41) is 1.00. The van der Waals surface area contributed by atoms with Crippen molar-refractivity contribution in [3.05, 3.63) is 28.6 Å². The second-order valence-corrected chi connectivity index (χ2v) is 6.75. The summed E-state index contributed by atoms with van der Waals surface area (Å²) >= 11 is 1.52. The van der Waals surface area contributed by atoms with E-state index in [1.165, 1.54) is 29.7 Å². The highest BCUT2D eigenvalue weighted by Gasteiger charge is 2.27. The van der Waals surface area contributed by atoms with E-state index in [1.807, 2.05) is 24.1 Å². The van der Waals surface area contributed by atoms with Gasteiger partial charge in [-0.05, 0) is 31.4 Å². The Morgan fingerprint density at radius 2 is 2.05 bits per heavy atom. The van der Waals surface area contributed by atoms with Crippen molar-refractivity contribution in [3.63, 3.8) is 0 Å². The monoisotopic (exact) mass is 288 g/mol. The third-order valence-electron chi connectivity index (χ3n) is 4.27. The van der Waals surface area contributed by atoms with Gasteiger partial charge in [-0.15, -0.1) is 11.3 Å². The smallest absolute Gasteiger partial charge is 0.266 e. The Balaban J connectivity index is 1.96. The molecule has 0 atom stereocenters. The molecule has 1 aromatic carbocycles. The third-order valence-corrected chi connectivity index (χ3v) is 5.43. The maximum Gasteiger partial charge on any atom is 0.266 e. The zero-order chi connectivity index (χ0) is 14.3. The molecular formula is C16H20N2OS. The molecule has 1 amide bonds. The minimum atomic E-state index is 0.0771. The van der Waals surface area contributed by atoms with Crippen molar-refractivity contribution in [1.29, 1.82) is 0 Å². The molecule has 2 N–H and O–H groups in total. The quantitative estimate of drug-likeness (QED) is 0.913. The fourth-order valence-corrected chi connectivity index (χ4v) is 4.20. The second kappa shape index (κ2) is 5.09. The summed E-state index contributed by atoms with van der Waals surface area (Å²) in [5.41, 5.74) is 8.02. The van der Waals surface area contributed by atoms with Crippen LogP contribution in [0.2, 0.25) is 0 Å². The molecule has 4 heteroatoms. The van der Waals surface area contributed by atoms with Crippen LogP contribution in [0.5, 0.6) is 0 Å². The number of amides is 1. The van der Waals surface area contributed by atoms with E-state index in [0.717, 1.165) is 22.9 Å². The Labute approximate surface area is 123 Å². The van der Waals surface area contributed by atoms with E-state index in [1.54, 1.807) is 0 Å². The number of thiophene rings is 1. The van der Waals surface area contributed by atoms with Crippen molar-refractivity contribution in [2.24, 2.45) is 0 Å². The van der Waals surface area contributed by atoms with Crippen LogP contribution in [-0.2, 0) is 0 Å². The number of carbonyl (C=O) groups excluding carboxylic acids is 1. The molecule has 1 aromatic heterocycles. The van der Waals surface area contributed by atoms with Crippen molar-refractivity contribution in [1.82, 2.24) is 4.90 Å². The molecule has 0 bridgehead atoms. The van der Waals surface area contributed by atoms with E-state index in [0.29, 0.717) is 16.6 Å². The number of aryl methyl sites for hydroxylation is 1. The van der Waals surface area contributed by atoms with Gasteiger partial charge in [0.1, 0.15) is 4.88 Å². The zero-order valence-electron chi connectivity index (χ0n) is 12.0. The fourth-order valence-electron chi connectivity index (χ4n) is 3.00. The molecule has 0 radical (unpaired) electrons. The lowest BCUT2D eigenvalue weighted by atomic mass is 10.1. The van der Waals surface area contributed by atoms with E-state index in [2.05, 4.69) is 13.0 Å². The van der Waals surface area contributed by atoms with Crippen molar-refractivity contribution in [3.8, 4) is 0 Å². The number of rotatable bonds is 2. The van der Waals surface area contributed by atoms with Crippen LogP contribution in [0.15, 0.2) is 18.2 Å². The van der Waals surface area contributed by atoms with Crippen LogP contribution in [0.4, 0.5) is 5.69 Å². The maximum absolute atomic E-state index is 12.7. The van der Waals surface area contributed by atoms with Gasteiger partial charge in [-0.1, -0.05) is 25.0 Å². The van der Waals surface area contributed by atoms with Crippen molar-refractivity contribution >= 4 is 33.0 Å². The number of fused-ring (bicyclic) bond motifs is 1. The van der Waals surface area contributed by atoms with Gasteiger partial charge in [0.15, 0.2) is 0 Å². The first kappa shape index (κ1) is 13.4. The molecule has 1 aliphatic rings. The van der Waals surface area contributed by atoms with Crippen molar-refractivity contribution in [2.45, 2.75) is 38.6 Å². The fraction of sp³-hybridized carbons (Fsp3) is 0.438. The van der Waals surface area contributed by atoms with Crippen LogP contribution in [0.3, 0.4) is 0 Å². The molecular weight excluding hydrogens is 268 g/mol. The standard InChI is InChI=1S/C16H20N2OS/c1-10-7-8-12-13(9-10)20-15(14(12)17)16(19)18(2)11-5-3-4-6-11/h7-9,11H,3-6,17H2,1-2H3. The highest BCUT2D eigenvalue weighted by molar-refractivity contribution is 7.21. The lowest BCUT2D eigenvalue weighted by Crippen LogP contribution is -2.35. The number of nitrogens with zero attached hydrogens (tertiary/aromatic N) is 1. The number of anilines is 1. The molecule has 1 fully saturated rings.